The molecule has 1 amide bonds. The van der Waals surface area contributed by atoms with E-state index in [-0.39, 0.29) is 17.6 Å². The van der Waals surface area contributed by atoms with Gasteiger partial charge in [-0.1, -0.05) is 23.7 Å². The molecule has 1 aliphatic rings. The van der Waals surface area contributed by atoms with E-state index in [1.165, 1.54) is 17.8 Å². The van der Waals surface area contributed by atoms with Crippen molar-refractivity contribution in [2.24, 2.45) is 0 Å². The molecule has 0 radical (unpaired) electrons. The predicted molar refractivity (Wildman–Crippen MR) is 92.6 cm³/mol. The largest absolute Gasteiger partial charge is 0.618 e. The van der Waals surface area contributed by atoms with Crippen LogP contribution < -0.4 is 10.0 Å². The van der Waals surface area contributed by atoms with E-state index >= 15 is 0 Å². The summed E-state index contributed by atoms with van der Waals surface area (Å²) < 4.78 is 0.602. The van der Waals surface area contributed by atoms with Crippen molar-refractivity contribution in [2.75, 3.05) is 13.1 Å². The van der Waals surface area contributed by atoms with Gasteiger partial charge < -0.3 is 10.5 Å². The van der Waals surface area contributed by atoms with Gasteiger partial charge in [0.2, 0.25) is 0 Å². The first-order valence-electron chi connectivity index (χ1n) is 8.07. The maximum atomic E-state index is 12.2. The van der Waals surface area contributed by atoms with Gasteiger partial charge in [-0.15, -0.1) is 0 Å². The summed E-state index contributed by atoms with van der Waals surface area (Å²) >= 11 is 5.91. The molecule has 0 saturated carbocycles. The summed E-state index contributed by atoms with van der Waals surface area (Å²) in [5.41, 5.74) is 1.37. The normalized spacial score (nSPS) is 16.0. The topological polar surface area (TPSA) is 59.3 Å². The number of rotatable bonds is 4. The molecule has 0 atom stereocenters. The molecule has 1 aliphatic heterocycles. The lowest BCUT2D eigenvalue weighted by Gasteiger charge is -2.32. The molecule has 2 heterocycles. The fourth-order valence-corrected chi connectivity index (χ4v) is 3.07. The lowest BCUT2D eigenvalue weighted by molar-refractivity contribution is -0.607. The first kappa shape index (κ1) is 16.7. The lowest BCUT2D eigenvalue weighted by Crippen LogP contribution is -2.47. The third-order valence-corrected chi connectivity index (χ3v) is 4.55. The number of carbonyl (C=O) groups excluding carboxylic acids is 1. The maximum absolute atomic E-state index is 12.2. The van der Waals surface area contributed by atoms with Gasteiger partial charge in [0.1, 0.15) is 0 Å². The number of hydrogen-bond donors (Lipinski definition) is 1. The first-order chi connectivity index (χ1) is 11.6. The summed E-state index contributed by atoms with van der Waals surface area (Å²) in [5, 5.41) is 15.3. The van der Waals surface area contributed by atoms with E-state index < -0.39 is 0 Å². The number of aromatic nitrogens is 1. The van der Waals surface area contributed by atoms with Crippen LogP contribution in [-0.4, -0.2) is 29.9 Å². The molecule has 1 saturated heterocycles. The van der Waals surface area contributed by atoms with Crippen LogP contribution in [0.2, 0.25) is 5.02 Å². The molecule has 0 spiro atoms. The number of pyridine rings is 1. The van der Waals surface area contributed by atoms with Crippen LogP contribution in [0, 0.1) is 5.21 Å². The molecule has 24 heavy (non-hydrogen) atoms. The van der Waals surface area contributed by atoms with Gasteiger partial charge in [-0.25, -0.2) is 0 Å². The number of piperidine rings is 1. The molecule has 5 nitrogen and oxygen atoms in total. The van der Waals surface area contributed by atoms with Gasteiger partial charge in [0.05, 0.1) is 0 Å². The number of likely N-dealkylation sites (tertiary alicyclic amines) is 1. The van der Waals surface area contributed by atoms with E-state index in [9.17, 15) is 10.0 Å². The highest BCUT2D eigenvalue weighted by molar-refractivity contribution is 6.30. The minimum Gasteiger partial charge on any atom is -0.618 e. The van der Waals surface area contributed by atoms with Gasteiger partial charge in [-0.2, -0.15) is 4.73 Å². The summed E-state index contributed by atoms with van der Waals surface area (Å²) in [4.78, 5) is 14.5. The molecule has 1 N–H and O–H groups in total. The maximum Gasteiger partial charge on any atom is 0.317 e. The number of benzene rings is 1. The molecule has 1 aromatic carbocycles. The van der Waals surface area contributed by atoms with Crippen LogP contribution in [0.1, 0.15) is 28.9 Å². The van der Waals surface area contributed by atoms with E-state index in [2.05, 4.69) is 10.2 Å². The Bertz CT molecular complexity index is 698. The van der Waals surface area contributed by atoms with Gasteiger partial charge in [0.15, 0.2) is 6.20 Å². The Hall–Kier alpha value is -2.11. The summed E-state index contributed by atoms with van der Waals surface area (Å²) in [5.74, 6) is -0.304. The van der Waals surface area contributed by atoms with Crippen LogP contribution in [0.25, 0.3) is 0 Å². The van der Waals surface area contributed by atoms with E-state index in [1.54, 1.807) is 12.1 Å². The minimum absolute atomic E-state index is 0.110. The molecular formula is C18H20ClN3O2. The van der Waals surface area contributed by atoms with Gasteiger partial charge >= 0.3 is 5.91 Å². The Kier molecular flexibility index (Phi) is 5.33. The van der Waals surface area contributed by atoms with E-state index in [0.717, 1.165) is 37.5 Å². The Morgan fingerprint density at radius 2 is 1.92 bits per heavy atom. The Labute approximate surface area is 146 Å². The van der Waals surface area contributed by atoms with Crippen LogP contribution in [-0.2, 0) is 6.54 Å². The molecule has 0 aliphatic carbocycles. The van der Waals surface area contributed by atoms with Crippen molar-refractivity contribution < 1.29 is 9.52 Å². The highest BCUT2D eigenvalue weighted by Crippen LogP contribution is 2.16. The van der Waals surface area contributed by atoms with Gasteiger partial charge in [-0.05, 0) is 36.6 Å². The Morgan fingerprint density at radius 3 is 2.58 bits per heavy atom. The highest BCUT2D eigenvalue weighted by Gasteiger charge is 2.23. The van der Waals surface area contributed by atoms with Crippen LogP contribution >= 0.6 is 11.6 Å². The number of halogens is 1. The molecule has 0 unspecified atom stereocenters. The molecular weight excluding hydrogens is 326 g/mol. The van der Waals surface area contributed by atoms with Crippen molar-refractivity contribution in [2.45, 2.75) is 25.4 Å². The zero-order valence-electron chi connectivity index (χ0n) is 13.3. The van der Waals surface area contributed by atoms with Crippen molar-refractivity contribution >= 4 is 17.5 Å². The molecule has 0 bridgehead atoms. The zero-order valence-corrected chi connectivity index (χ0v) is 14.1. The van der Waals surface area contributed by atoms with Crippen molar-refractivity contribution in [1.29, 1.82) is 0 Å². The number of nitrogens with zero attached hydrogens (tertiary/aromatic N) is 2. The average Bonchev–Trinajstić information content (AvgIpc) is 2.59. The van der Waals surface area contributed by atoms with E-state index in [1.807, 2.05) is 24.3 Å². The van der Waals surface area contributed by atoms with Crippen molar-refractivity contribution in [3.05, 3.63) is 70.1 Å². The monoisotopic (exact) mass is 345 g/mol. The second-order valence-electron chi connectivity index (χ2n) is 6.06. The molecule has 126 valence electrons. The second-order valence-corrected chi connectivity index (χ2v) is 6.50. The van der Waals surface area contributed by atoms with Gasteiger partial charge in [0, 0.05) is 42.8 Å². The second kappa shape index (κ2) is 7.64. The quantitative estimate of drug-likeness (QED) is 0.683. The van der Waals surface area contributed by atoms with Crippen molar-refractivity contribution in [1.82, 2.24) is 10.2 Å². The third kappa shape index (κ3) is 4.24. The molecule has 1 aromatic heterocycles. The first-order valence-corrected chi connectivity index (χ1v) is 8.45. The Balaban J connectivity index is 1.49. The van der Waals surface area contributed by atoms with Crippen LogP contribution in [0.4, 0.5) is 0 Å². The smallest absolute Gasteiger partial charge is 0.317 e. The van der Waals surface area contributed by atoms with Crippen LogP contribution in [0.5, 0.6) is 0 Å². The summed E-state index contributed by atoms with van der Waals surface area (Å²) in [6, 6.07) is 12.8. The number of carbonyl (C=O) groups is 1. The third-order valence-electron chi connectivity index (χ3n) is 4.30. The highest BCUT2D eigenvalue weighted by atomic mass is 35.5. The fourth-order valence-electron chi connectivity index (χ4n) is 2.95. The molecule has 2 aromatic rings. The van der Waals surface area contributed by atoms with Crippen molar-refractivity contribution in [3.8, 4) is 0 Å². The number of amides is 1. The van der Waals surface area contributed by atoms with Gasteiger partial charge in [0.25, 0.3) is 5.69 Å². The van der Waals surface area contributed by atoms with Crippen LogP contribution in [0.3, 0.4) is 0 Å². The number of nitrogens with one attached hydrogen (secondary N) is 1. The average molecular weight is 346 g/mol. The lowest BCUT2D eigenvalue weighted by atomic mass is 10.0. The minimum atomic E-state index is -0.304. The summed E-state index contributed by atoms with van der Waals surface area (Å²) in [7, 11) is 0. The number of hydrogen-bond acceptors (Lipinski definition) is 3. The SMILES string of the molecule is O=C(NC1CCN(Cc2ccc(Cl)cc2)CC1)c1cccc[n+]1[O-]. The van der Waals surface area contributed by atoms with Crippen LogP contribution in [0.15, 0.2) is 48.7 Å². The van der Waals surface area contributed by atoms with Crippen molar-refractivity contribution in [3.63, 3.8) is 0 Å². The standard InChI is InChI=1S/C18H20ClN3O2/c19-15-6-4-14(5-7-15)13-21-11-8-16(9-12-21)20-18(23)17-3-1-2-10-22(17)24/h1-7,10,16H,8-9,11-13H2,(H,20,23). The fraction of sp³-hybridized carbons (Fsp3) is 0.333. The van der Waals surface area contributed by atoms with E-state index in [4.69, 9.17) is 11.6 Å². The Morgan fingerprint density at radius 1 is 1.21 bits per heavy atom. The molecule has 1 fully saturated rings. The predicted octanol–water partition coefficient (Wildman–Crippen LogP) is 2.37. The van der Waals surface area contributed by atoms with Gasteiger partial charge in [-0.3, -0.25) is 9.69 Å². The van der Waals surface area contributed by atoms with E-state index in [0.29, 0.717) is 4.73 Å². The summed E-state index contributed by atoms with van der Waals surface area (Å²) in [6.07, 6.45) is 3.10. The summed E-state index contributed by atoms with van der Waals surface area (Å²) in [6.45, 7) is 2.72. The molecule has 3 rings (SSSR count). The zero-order chi connectivity index (χ0) is 16.9. The molecule has 6 heteroatoms.